The Morgan fingerprint density at radius 1 is 1.50 bits per heavy atom. The van der Waals surface area contributed by atoms with E-state index in [0.717, 1.165) is 10.0 Å². The molecule has 2 heterocycles. The number of aromatic nitrogens is 2. The molecule has 0 unspecified atom stereocenters. The fourth-order valence-corrected chi connectivity index (χ4v) is 6.86. The third kappa shape index (κ3) is 1.60. The molecule has 2 N–H and O–H groups in total. The minimum absolute atomic E-state index is 0.568. The van der Waals surface area contributed by atoms with Crippen LogP contribution in [0.15, 0.2) is 15.2 Å². The van der Waals surface area contributed by atoms with Crippen LogP contribution in [0.3, 0.4) is 0 Å². The summed E-state index contributed by atoms with van der Waals surface area (Å²) in [5, 5.41) is 0. The van der Waals surface area contributed by atoms with Gasteiger partial charge in [0.2, 0.25) is 0 Å². The SMILES string of the molecule is Nc1ccn[c]([In]2[CH2]CC=[N]2)n1. The number of nitrogens with zero attached hydrogens (tertiary/aromatic N) is 3. The molecule has 1 aliphatic rings. The second kappa shape index (κ2) is 3.43. The Bertz CT molecular complexity index is 312. The number of anilines is 1. The Morgan fingerprint density at radius 2 is 2.42 bits per heavy atom. The standard InChI is InChI=1S/C4H4N3.C3H5N.In/c5-4-1-2-6-3-7-4;1-2-3-4;/h1-2H,(H2,5,6,7);3H,1-2H2;/q;-1;+1. The van der Waals surface area contributed by atoms with Crippen molar-refractivity contribution in [2.75, 3.05) is 5.73 Å². The second-order valence-corrected chi connectivity index (χ2v) is 9.68. The predicted molar refractivity (Wildman–Crippen MR) is 49.7 cm³/mol. The molecule has 4 nitrogen and oxygen atoms in total. The van der Waals surface area contributed by atoms with Crippen LogP contribution in [0.5, 0.6) is 0 Å². The minimum atomic E-state index is -1.88. The van der Waals surface area contributed by atoms with Crippen molar-refractivity contribution >= 4 is 37.3 Å². The van der Waals surface area contributed by atoms with E-state index in [9.17, 15) is 0 Å². The summed E-state index contributed by atoms with van der Waals surface area (Å²) in [7, 11) is 0. The molecular formula is C7H9InN4. The Hall–Kier alpha value is -0.580. The van der Waals surface area contributed by atoms with Crippen molar-refractivity contribution in [1.82, 2.24) is 9.97 Å². The van der Waals surface area contributed by atoms with Gasteiger partial charge in [-0.15, -0.1) is 0 Å². The van der Waals surface area contributed by atoms with E-state index in [4.69, 9.17) is 5.73 Å². The van der Waals surface area contributed by atoms with Gasteiger partial charge in [0.05, 0.1) is 0 Å². The molecule has 0 radical (unpaired) electrons. The summed E-state index contributed by atoms with van der Waals surface area (Å²) >= 11 is -1.88. The first-order valence-electron chi connectivity index (χ1n) is 3.96. The molecule has 0 amide bonds. The van der Waals surface area contributed by atoms with E-state index in [1.807, 2.05) is 6.21 Å². The Labute approximate surface area is 78.9 Å². The van der Waals surface area contributed by atoms with Crippen molar-refractivity contribution in [1.29, 1.82) is 0 Å². The first kappa shape index (κ1) is 8.04. The van der Waals surface area contributed by atoms with Gasteiger partial charge < -0.3 is 0 Å². The Balaban J connectivity index is 2.27. The van der Waals surface area contributed by atoms with Crippen LogP contribution in [-0.4, -0.2) is 37.9 Å². The monoisotopic (exact) mass is 264 g/mol. The van der Waals surface area contributed by atoms with Crippen LogP contribution in [0.2, 0.25) is 4.18 Å². The molecule has 0 atom stereocenters. The van der Waals surface area contributed by atoms with Crippen LogP contribution in [0, 0.1) is 0 Å². The number of hydrogen-bond donors (Lipinski definition) is 1. The summed E-state index contributed by atoms with van der Waals surface area (Å²) in [6.07, 6.45) is 4.84. The van der Waals surface area contributed by atoms with Crippen LogP contribution >= 0.6 is 0 Å². The van der Waals surface area contributed by atoms with Gasteiger partial charge in [0, 0.05) is 0 Å². The van der Waals surface area contributed by atoms with E-state index >= 15 is 0 Å². The molecule has 1 aromatic rings. The third-order valence-electron chi connectivity index (χ3n) is 1.85. The van der Waals surface area contributed by atoms with Gasteiger partial charge in [-0.2, -0.15) is 0 Å². The van der Waals surface area contributed by atoms with Crippen LogP contribution < -0.4 is 9.31 Å². The molecule has 2 rings (SSSR count). The number of rotatable bonds is 1. The number of hydrogen-bond acceptors (Lipinski definition) is 4. The maximum atomic E-state index is 5.56. The van der Waals surface area contributed by atoms with Crippen LogP contribution in [0.1, 0.15) is 6.42 Å². The molecule has 0 spiro atoms. The van der Waals surface area contributed by atoms with E-state index in [1.165, 1.54) is 4.18 Å². The predicted octanol–water partition coefficient (Wildman–Crippen LogP) is -0.268. The molecule has 0 fully saturated rings. The van der Waals surface area contributed by atoms with Gasteiger partial charge in [0.1, 0.15) is 0 Å². The van der Waals surface area contributed by atoms with E-state index in [2.05, 4.69) is 12.9 Å². The first-order valence-corrected chi connectivity index (χ1v) is 9.41. The molecule has 0 saturated heterocycles. The molecule has 1 aromatic heterocycles. The normalized spacial score (nSPS) is 15.5. The van der Waals surface area contributed by atoms with Crippen molar-refractivity contribution in [3.05, 3.63) is 12.3 Å². The summed E-state index contributed by atoms with van der Waals surface area (Å²) < 4.78 is 6.61. The Morgan fingerprint density at radius 3 is 3.08 bits per heavy atom. The van der Waals surface area contributed by atoms with E-state index < -0.39 is 21.7 Å². The zero-order valence-electron chi connectivity index (χ0n) is 6.64. The molecule has 1 aliphatic heterocycles. The second-order valence-electron chi connectivity index (χ2n) is 2.76. The molecule has 5 heteroatoms. The molecule has 0 saturated carbocycles. The molecule has 0 bridgehead atoms. The Kier molecular flexibility index (Phi) is 2.30. The summed E-state index contributed by atoms with van der Waals surface area (Å²) in [5.74, 6) is 0.568. The van der Waals surface area contributed by atoms with Crippen molar-refractivity contribution in [2.24, 2.45) is 2.98 Å². The maximum absolute atomic E-state index is 5.56. The summed E-state index contributed by atoms with van der Waals surface area (Å²) in [6.45, 7) is 0. The van der Waals surface area contributed by atoms with Gasteiger partial charge in [0.15, 0.2) is 0 Å². The fraction of sp³-hybridized carbons (Fsp3) is 0.286. The van der Waals surface area contributed by atoms with Gasteiger partial charge in [-0.3, -0.25) is 0 Å². The average molecular weight is 264 g/mol. The van der Waals surface area contributed by atoms with Gasteiger partial charge >= 0.3 is 78.9 Å². The molecular weight excluding hydrogens is 255 g/mol. The van der Waals surface area contributed by atoms with E-state index in [1.54, 1.807) is 12.3 Å². The zero-order valence-corrected chi connectivity index (χ0v) is 9.94. The van der Waals surface area contributed by atoms with E-state index in [0.29, 0.717) is 5.82 Å². The average Bonchev–Trinajstić information content (AvgIpc) is 2.56. The number of nitrogens with two attached hydrogens (primary N) is 1. The van der Waals surface area contributed by atoms with Gasteiger partial charge in [-0.1, -0.05) is 0 Å². The fourth-order valence-electron chi connectivity index (χ4n) is 1.25. The van der Waals surface area contributed by atoms with E-state index in [-0.39, 0.29) is 0 Å². The van der Waals surface area contributed by atoms with Crippen molar-refractivity contribution in [2.45, 2.75) is 10.6 Å². The molecule has 60 valence electrons. The quantitative estimate of drug-likeness (QED) is 0.759. The van der Waals surface area contributed by atoms with Crippen molar-refractivity contribution < 1.29 is 0 Å². The van der Waals surface area contributed by atoms with Gasteiger partial charge in [-0.05, 0) is 0 Å². The number of nitrogen functional groups attached to an aromatic ring is 1. The molecule has 0 aliphatic carbocycles. The van der Waals surface area contributed by atoms with Crippen LogP contribution in [-0.2, 0) is 0 Å². The van der Waals surface area contributed by atoms with Crippen LogP contribution in [0.25, 0.3) is 0 Å². The van der Waals surface area contributed by atoms with Crippen molar-refractivity contribution in [3.8, 4) is 0 Å². The summed E-state index contributed by atoms with van der Waals surface area (Å²) in [5.41, 5.74) is 5.56. The van der Waals surface area contributed by atoms with Gasteiger partial charge in [0.25, 0.3) is 0 Å². The molecule has 12 heavy (non-hydrogen) atoms. The third-order valence-corrected chi connectivity index (χ3v) is 8.48. The van der Waals surface area contributed by atoms with Gasteiger partial charge in [-0.25, -0.2) is 0 Å². The molecule has 0 aromatic carbocycles. The van der Waals surface area contributed by atoms with Crippen LogP contribution in [0.4, 0.5) is 5.82 Å². The summed E-state index contributed by atoms with van der Waals surface area (Å²) in [4.78, 5) is 8.41. The van der Waals surface area contributed by atoms with Crippen molar-refractivity contribution in [3.63, 3.8) is 0 Å². The first-order chi connectivity index (χ1) is 5.86. The zero-order chi connectivity index (χ0) is 8.39. The summed E-state index contributed by atoms with van der Waals surface area (Å²) in [6, 6.07) is 1.72. The topological polar surface area (TPSA) is 64.2 Å².